The van der Waals surface area contributed by atoms with Gasteiger partial charge >= 0.3 is 5.97 Å². The smallest absolute Gasteiger partial charge is 0.356 e. The second-order valence-electron chi connectivity index (χ2n) is 6.42. The van der Waals surface area contributed by atoms with Crippen molar-refractivity contribution in [2.24, 2.45) is 0 Å². The van der Waals surface area contributed by atoms with E-state index in [1.54, 1.807) is 13.2 Å². The Kier molecular flexibility index (Phi) is 5.26. The van der Waals surface area contributed by atoms with E-state index in [9.17, 15) is 4.79 Å². The lowest BCUT2D eigenvalue weighted by Gasteiger charge is -2.11. The van der Waals surface area contributed by atoms with Gasteiger partial charge in [0, 0.05) is 34.8 Å². The number of aromatic amines is 1. The number of hydrogen-bond donors (Lipinski definition) is 1. The van der Waals surface area contributed by atoms with E-state index in [0.717, 1.165) is 28.8 Å². The maximum atomic E-state index is 11.8. The average Bonchev–Trinajstić information content (AvgIpc) is 3.04. The van der Waals surface area contributed by atoms with Crippen LogP contribution in [0.25, 0.3) is 10.9 Å². The SMILES string of the molecule is CCC(C)c1[nH]c2cc(OC)ccc2c1Cc1cccc(C(=O)OC)n1. The molecule has 1 aromatic carbocycles. The first kappa shape index (κ1) is 18.0. The topological polar surface area (TPSA) is 64.2 Å². The molecule has 3 rings (SSSR count). The molecule has 0 aliphatic carbocycles. The van der Waals surface area contributed by atoms with Gasteiger partial charge in [-0.3, -0.25) is 0 Å². The van der Waals surface area contributed by atoms with E-state index in [1.165, 1.54) is 18.4 Å². The number of carbonyl (C=O) groups excluding carboxylic acids is 1. The van der Waals surface area contributed by atoms with Crippen molar-refractivity contribution in [2.45, 2.75) is 32.6 Å². The van der Waals surface area contributed by atoms with Crippen molar-refractivity contribution in [3.63, 3.8) is 0 Å². The van der Waals surface area contributed by atoms with Crippen molar-refractivity contribution in [1.82, 2.24) is 9.97 Å². The molecule has 0 bridgehead atoms. The van der Waals surface area contributed by atoms with Gasteiger partial charge in [0.25, 0.3) is 0 Å². The third-order valence-electron chi connectivity index (χ3n) is 4.81. The fourth-order valence-corrected chi connectivity index (χ4v) is 3.18. The van der Waals surface area contributed by atoms with Gasteiger partial charge in [0.15, 0.2) is 0 Å². The zero-order valence-corrected chi connectivity index (χ0v) is 15.6. The lowest BCUT2D eigenvalue weighted by molar-refractivity contribution is 0.0593. The maximum Gasteiger partial charge on any atom is 0.356 e. The number of hydrogen-bond acceptors (Lipinski definition) is 4. The molecule has 26 heavy (non-hydrogen) atoms. The Morgan fingerprint density at radius 3 is 2.73 bits per heavy atom. The molecule has 1 N–H and O–H groups in total. The molecule has 5 nitrogen and oxygen atoms in total. The Labute approximate surface area is 153 Å². The third kappa shape index (κ3) is 3.43. The first-order valence-electron chi connectivity index (χ1n) is 8.80. The van der Waals surface area contributed by atoms with Crippen LogP contribution in [0.4, 0.5) is 0 Å². The van der Waals surface area contributed by atoms with Gasteiger partial charge in [0.05, 0.1) is 14.2 Å². The zero-order valence-electron chi connectivity index (χ0n) is 15.6. The normalized spacial score (nSPS) is 12.2. The molecule has 0 fully saturated rings. The van der Waals surface area contributed by atoms with Crippen LogP contribution in [0, 0.1) is 0 Å². The number of esters is 1. The van der Waals surface area contributed by atoms with Gasteiger partial charge in [0.2, 0.25) is 0 Å². The minimum Gasteiger partial charge on any atom is -0.497 e. The number of aromatic nitrogens is 2. The summed E-state index contributed by atoms with van der Waals surface area (Å²) in [4.78, 5) is 19.8. The monoisotopic (exact) mass is 352 g/mol. The highest BCUT2D eigenvalue weighted by Gasteiger charge is 2.18. The van der Waals surface area contributed by atoms with Gasteiger partial charge in [-0.25, -0.2) is 9.78 Å². The van der Waals surface area contributed by atoms with Crippen LogP contribution in [-0.4, -0.2) is 30.2 Å². The number of nitrogens with zero attached hydrogens (tertiary/aromatic N) is 1. The molecule has 0 radical (unpaired) electrons. The van der Waals surface area contributed by atoms with Crippen molar-refractivity contribution >= 4 is 16.9 Å². The standard InChI is InChI=1S/C21H24N2O3/c1-5-13(2)20-17(16-10-9-15(25-3)12-19(16)23-20)11-14-7-6-8-18(22-14)21(24)26-4/h6-10,12-13,23H,5,11H2,1-4H3. The van der Waals surface area contributed by atoms with E-state index in [-0.39, 0.29) is 0 Å². The Balaban J connectivity index is 2.07. The lowest BCUT2D eigenvalue weighted by Crippen LogP contribution is -2.06. The zero-order chi connectivity index (χ0) is 18.7. The minimum atomic E-state index is -0.419. The Morgan fingerprint density at radius 1 is 1.23 bits per heavy atom. The Bertz CT molecular complexity index is 930. The van der Waals surface area contributed by atoms with E-state index < -0.39 is 5.97 Å². The minimum absolute atomic E-state index is 0.330. The van der Waals surface area contributed by atoms with Crippen molar-refractivity contribution < 1.29 is 14.3 Å². The van der Waals surface area contributed by atoms with E-state index in [2.05, 4.69) is 29.9 Å². The van der Waals surface area contributed by atoms with Crippen LogP contribution in [0.1, 0.15) is 53.6 Å². The number of pyridine rings is 1. The summed E-state index contributed by atoms with van der Waals surface area (Å²) in [6, 6.07) is 11.5. The number of fused-ring (bicyclic) bond motifs is 1. The van der Waals surface area contributed by atoms with Crippen LogP contribution >= 0.6 is 0 Å². The quantitative estimate of drug-likeness (QED) is 0.665. The summed E-state index contributed by atoms with van der Waals surface area (Å²) >= 11 is 0. The second kappa shape index (κ2) is 7.60. The highest BCUT2D eigenvalue weighted by atomic mass is 16.5. The van der Waals surface area contributed by atoms with E-state index in [4.69, 9.17) is 9.47 Å². The molecule has 136 valence electrons. The molecular weight excluding hydrogens is 328 g/mol. The molecule has 3 aromatic rings. The van der Waals surface area contributed by atoms with E-state index in [1.807, 2.05) is 24.3 Å². The van der Waals surface area contributed by atoms with Gasteiger partial charge < -0.3 is 14.5 Å². The predicted molar refractivity (Wildman–Crippen MR) is 102 cm³/mol. The number of rotatable bonds is 6. The van der Waals surface area contributed by atoms with Gasteiger partial charge in [-0.05, 0) is 42.2 Å². The van der Waals surface area contributed by atoms with Crippen LogP contribution in [0.3, 0.4) is 0 Å². The number of ether oxygens (including phenoxy) is 2. The summed E-state index contributed by atoms with van der Waals surface area (Å²) < 4.78 is 10.1. The van der Waals surface area contributed by atoms with Gasteiger partial charge in [-0.15, -0.1) is 0 Å². The van der Waals surface area contributed by atoms with Crippen molar-refractivity contribution in [3.8, 4) is 5.75 Å². The number of methoxy groups -OCH3 is 2. The molecule has 0 saturated carbocycles. The number of benzene rings is 1. The van der Waals surface area contributed by atoms with Crippen LogP contribution < -0.4 is 4.74 Å². The summed E-state index contributed by atoms with van der Waals surface area (Å²) in [5.74, 6) is 0.802. The molecule has 0 aliphatic heterocycles. The molecule has 1 unspecified atom stereocenters. The lowest BCUT2D eigenvalue weighted by atomic mass is 9.96. The number of H-pyrrole nitrogens is 1. The fraction of sp³-hybridized carbons (Fsp3) is 0.333. The third-order valence-corrected chi connectivity index (χ3v) is 4.81. The fourth-order valence-electron chi connectivity index (χ4n) is 3.18. The van der Waals surface area contributed by atoms with Gasteiger partial charge in [-0.2, -0.15) is 0 Å². The summed E-state index contributed by atoms with van der Waals surface area (Å²) in [5, 5.41) is 1.16. The van der Waals surface area contributed by atoms with Gasteiger partial charge in [-0.1, -0.05) is 19.9 Å². The molecule has 0 aliphatic rings. The number of carbonyl (C=O) groups is 1. The molecule has 5 heteroatoms. The summed E-state index contributed by atoms with van der Waals surface area (Å²) in [6.45, 7) is 4.39. The average molecular weight is 352 g/mol. The highest BCUT2D eigenvalue weighted by molar-refractivity contribution is 5.88. The molecule has 0 spiro atoms. The van der Waals surface area contributed by atoms with Crippen LogP contribution in [0.2, 0.25) is 0 Å². The van der Waals surface area contributed by atoms with E-state index in [0.29, 0.717) is 18.0 Å². The first-order chi connectivity index (χ1) is 12.6. The molecule has 0 saturated heterocycles. The second-order valence-corrected chi connectivity index (χ2v) is 6.42. The predicted octanol–water partition coefficient (Wildman–Crippen LogP) is 4.46. The number of nitrogens with one attached hydrogen (secondary N) is 1. The van der Waals surface area contributed by atoms with Crippen LogP contribution in [0.5, 0.6) is 5.75 Å². The van der Waals surface area contributed by atoms with E-state index >= 15 is 0 Å². The maximum absolute atomic E-state index is 11.8. The Hall–Kier alpha value is -2.82. The molecule has 2 heterocycles. The molecule has 0 amide bonds. The summed E-state index contributed by atoms with van der Waals surface area (Å²) in [6.07, 6.45) is 1.68. The van der Waals surface area contributed by atoms with Gasteiger partial charge in [0.1, 0.15) is 11.4 Å². The molecule has 2 aromatic heterocycles. The van der Waals surface area contributed by atoms with Crippen molar-refractivity contribution in [1.29, 1.82) is 0 Å². The van der Waals surface area contributed by atoms with Crippen LogP contribution in [0.15, 0.2) is 36.4 Å². The largest absolute Gasteiger partial charge is 0.497 e. The Morgan fingerprint density at radius 2 is 2.04 bits per heavy atom. The molecular formula is C21H24N2O3. The van der Waals surface area contributed by atoms with Crippen LogP contribution in [-0.2, 0) is 11.2 Å². The molecule has 1 atom stereocenters. The summed E-state index contributed by atoms with van der Waals surface area (Å²) in [5.41, 5.74) is 4.65. The highest BCUT2D eigenvalue weighted by Crippen LogP contribution is 2.32. The van der Waals surface area contributed by atoms with Crippen molar-refractivity contribution in [2.75, 3.05) is 14.2 Å². The first-order valence-corrected chi connectivity index (χ1v) is 8.80. The summed E-state index contributed by atoms with van der Waals surface area (Å²) in [7, 11) is 3.04. The van der Waals surface area contributed by atoms with Crippen molar-refractivity contribution in [3.05, 3.63) is 59.0 Å².